The second-order valence-corrected chi connectivity index (χ2v) is 6.14. The number of nitrogens with two attached hydrogens (primary N) is 1. The highest BCUT2D eigenvalue weighted by atomic mass is 16.5. The van der Waals surface area contributed by atoms with Crippen LogP contribution >= 0.6 is 0 Å². The fourth-order valence-electron chi connectivity index (χ4n) is 4.09. The van der Waals surface area contributed by atoms with E-state index in [4.69, 9.17) is 10.5 Å². The first-order valence-electron chi connectivity index (χ1n) is 7.79. The van der Waals surface area contributed by atoms with Crippen LogP contribution in [0.4, 0.5) is 0 Å². The maximum Gasteiger partial charge on any atom is 0.0674 e. The van der Waals surface area contributed by atoms with Crippen LogP contribution in [0.3, 0.4) is 0 Å². The monoisotopic (exact) mass is 254 g/mol. The van der Waals surface area contributed by atoms with Crippen LogP contribution in [0.25, 0.3) is 0 Å². The van der Waals surface area contributed by atoms with Gasteiger partial charge in [0.15, 0.2) is 0 Å². The molecule has 18 heavy (non-hydrogen) atoms. The third kappa shape index (κ3) is 2.73. The average Bonchev–Trinajstić information content (AvgIpc) is 2.63. The van der Waals surface area contributed by atoms with Crippen molar-refractivity contribution in [2.75, 3.05) is 26.2 Å². The molecule has 0 aromatic rings. The lowest BCUT2D eigenvalue weighted by Crippen LogP contribution is -2.61. The van der Waals surface area contributed by atoms with Gasteiger partial charge in [-0.2, -0.15) is 0 Å². The van der Waals surface area contributed by atoms with Crippen molar-refractivity contribution >= 4 is 0 Å². The van der Waals surface area contributed by atoms with Gasteiger partial charge in [0, 0.05) is 31.8 Å². The Morgan fingerprint density at radius 3 is 2.89 bits per heavy atom. The summed E-state index contributed by atoms with van der Waals surface area (Å²) in [6, 6.07) is 0. The van der Waals surface area contributed by atoms with E-state index in [1.807, 2.05) is 0 Å². The first kappa shape index (κ1) is 14.3. The summed E-state index contributed by atoms with van der Waals surface area (Å²) in [5.74, 6) is 0.779. The molecule has 1 saturated heterocycles. The van der Waals surface area contributed by atoms with Gasteiger partial charge in [-0.05, 0) is 32.1 Å². The van der Waals surface area contributed by atoms with E-state index < -0.39 is 0 Å². The Bertz CT molecular complexity index is 259. The van der Waals surface area contributed by atoms with E-state index in [2.05, 4.69) is 18.7 Å². The van der Waals surface area contributed by atoms with Gasteiger partial charge in [-0.25, -0.2) is 0 Å². The van der Waals surface area contributed by atoms with Crippen molar-refractivity contribution in [3.63, 3.8) is 0 Å². The Morgan fingerprint density at radius 2 is 2.17 bits per heavy atom. The molecule has 0 amide bonds. The zero-order valence-corrected chi connectivity index (χ0v) is 12.2. The first-order valence-corrected chi connectivity index (χ1v) is 7.79. The first-order chi connectivity index (χ1) is 8.73. The maximum absolute atomic E-state index is 6.25. The van der Waals surface area contributed by atoms with Gasteiger partial charge in [-0.1, -0.05) is 26.2 Å². The number of ether oxygens (including phenoxy) is 1. The molecule has 3 nitrogen and oxygen atoms in total. The van der Waals surface area contributed by atoms with E-state index in [9.17, 15) is 0 Å². The van der Waals surface area contributed by atoms with Crippen LogP contribution in [0.1, 0.15) is 52.4 Å². The zero-order valence-electron chi connectivity index (χ0n) is 12.2. The fraction of sp³-hybridized carbons (Fsp3) is 1.00. The minimum atomic E-state index is 0.259. The number of hydrogen-bond donors (Lipinski definition) is 1. The Hall–Kier alpha value is -0.120. The average molecular weight is 254 g/mol. The molecule has 3 atom stereocenters. The summed E-state index contributed by atoms with van der Waals surface area (Å²) in [5, 5.41) is 0. The van der Waals surface area contributed by atoms with Gasteiger partial charge >= 0.3 is 0 Å². The third-order valence-electron chi connectivity index (χ3n) is 5.10. The summed E-state index contributed by atoms with van der Waals surface area (Å²) in [7, 11) is 0. The third-order valence-corrected chi connectivity index (χ3v) is 5.10. The van der Waals surface area contributed by atoms with E-state index in [1.165, 1.54) is 32.1 Å². The molecule has 1 aliphatic carbocycles. The molecule has 0 bridgehead atoms. The number of nitrogens with zero attached hydrogens (tertiary/aromatic N) is 1. The van der Waals surface area contributed by atoms with Crippen molar-refractivity contribution in [3.05, 3.63) is 0 Å². The highest BCUT2D eigenvalue weighted by molar-refractivity contribution is 5.00. The van der Waals surface area contributed by atoms with Crippen LogP contribution in [0.5, 0.6) is 0 Å². The highest BCUT2D eigenvalue weighted by Crippen LogP contribution is 2.40. The van der Waals surface area contributed by atoms with Gasteiger partial charge in [-0.3, -0.25) is 4.90 Å². The molecule has 3 unspecified atom stereocenters. The lowest BCUT2D eigenvalue weighted by Gasteiger charge is -2.51. The lowest BCUT2D eigenvalue weighted by molar-refractivity contribution is -0.0135. The minimum absolute atomic E-state index is 0.259. The molecule has 0 aromatic heterocycles. The molecule has 2 aliphatic rings. The summed E-state index contributed by atoms with van der Waals surface area (Å²) in [6.07, 6.45) is 8.16. The van der Waals surface area contributed by atoms with E-state index in [0.717, 1.165) is 38.6 Å². The van der Waals surface area contributed by atoms with Crippen LogP contribution in [-0.2, 0) is 4.74 Å². The van der Waals surface area contributed by atoms with Gasteiger partial charge < -0.3 is 10.5 Å². The molecule has 2 fully saturated rings. The SMILES string of the molecule is CCC1CCCCC1(CN)N1CCCOC(C)C1. The van der Waals surface area contributed by atoms with E-state index in [0.29, 0.717) is 6.10 Å². The molecule has 0 spiro atoms. The Kier molecular flexibility index (Phi) is 5.05. The van der Waals surface area contributed by atoms with Gasteiger partial charge in [-0.15, -0.1) is 0 Å². The Morgan fingerprint density at radius 1 is 1.33 bits per heavy atom. The molecule has 2 rings (SSSR count). The molecular formula is C15H30N2O. The van der Waals surface area contributed by atoms with Crippen molar-refractivity contribution in [2.45, 2.75) is 64.0 Å². The topological polar surface area (TPSA) is 38.5 Å². The lowest BCUT2D eigenvalue weighted by atomic mass is 9.70. The molecule has 1 aliphatic heterocycles. The second kappa shape index (κ2) is 6.36. The van der Waals surface area contributed by atoms with Crippen molar-refractivity contribution in [3.8, 4) is 0 Å². The van der Waals surface area contributed by atoms with Crippen LogP contribution in [0.2, 0.25) is 0 Å². The molecule has 1 saturated carbocycles. The largest absolute Gasteiger partial charge is 0.377 e. The predicted octanol–water partition coefficient (Wildman–Crippen LogP) is 2.39. The Labute approximate surface area is 112 Å². The predicted molar refractivity (Wildman–Crippen MR) is 75.6 cm³/mol. The normalized spacial score (nSPS) is 39.5. The smallest absolute Gasteiger partial charge is 0.0674 e. The van der Waals surface area contributed by atoms with Crippen molar-refractivity contribution in [1.29, 1.82) is 0 Å². The molecular weight excluding hydrogens is 224 g/mol. The van der Waals surface area contributed by atoms with Crippen molar-refractivity contribution in [1.82, 2.24) is 4.90 Å². The minimum Gasteiger partial charge on any atom is -0.377 e. The van der Waals surface area contributed by atoms with Gasteiger partial charge in [0.25, 0.3) is 0 Å². The highest BCUT2D eigenvalue weighted by Gasteiger charge is 2.43. The maximum atomic E-state index is 6.25. The quantitative estimate of drug-likeness (QED) is 0.840. The second-order valence-electron chi connectivity index (χ2n) is 6.14. The van der Waals surface area contributed by atoms with Crippen molar-refractivity contribution in [2.24, 2.45) is 11.7 Å². The molecule has 106 valence electrons. The zero-order chi connectivity index (χ0) is 13.0. The molecule has 0 aromatic carbocycles. The molecule has 3 heteroatoms. The van der Waals surface area contributed by atoms with Gasteiger partial charge in [0.1, 0.15) is 0 Å². The summed E-state index contributed by atoms with van der Waals surface area (Å²) in [4.78, 5) is 2.68. The number of rotatable bonds is 3. The van der Waals surface area contributed by atoms with Crippen LogP contribution in [0, 0.1) is 5.92 Å². The van der Waals surface area contributed by atoms with E-state index in [1.54, 1.807) is 0 Å². The van der Waals surface area contributed by atoms with E-state index in [-0.39, 0.29) is 5.54 Å². The fourth-order valence-corrected chi connectivity index (χ4v) is 4.09. The van der Waals surface area contributed by atoms with E-state index >= 15 is 0 Å². The van der Waals surface area contributed by atoms with Crippen LogP contribution in [0.15, 0.2) is 0 Å². The summed E-state index contributed by atoms with van der Waals surface area (Å²) in [6.45, 7) is 8.49. The van der Waals surface area contributed by atoms with Crippen LogP contribution < -0.4 is 5.73 Å². The van der Waals surface area contributed by atoms with Crippen molar-refractivity contribution < 1.29 is 4.74 Å². The summed E-state index contributed by atoms with van der Waals surface area (Å²) >= 11 is 0. The number of hydrogen-bond acceptors (Lipinski definition) is 3. The van der Waals surface area contributed by atoms with Gasteiger partial charge in [0.2, 0.25) is 0 Å². The summed E-state index contributed by atoms with van der Waals surface area (Å²) < 4.78 is 5.80. The molecule has 1 heterocycles. The van der Waals surface area contributed by atoms with Crippen LogP contribution in [-0.4, -0.2) is 42.8 Å². The van der Waals surface area contributed by atoms with Gasteiger partial charge in [0.05, 0.1) is 6.10 Å². The summed E-state index contributed by atoms with van der Waals surface area (Å²) in [5.41, 5.74) is 6.51. The standard InChI is InChI=1S/C15H30N2O/c1-3-14-7-4-5-8-15(14,12-16)17-9-6-10-18-13(2)11-17/h13-14H,3-12,16H2,1-2H3. The molecule has 2 N–H and O–H groups in total. The Balaban J connectivity index is 2.17. The molecule has 0 radical (unpaired) electrons.